The fourth-order valence-electron chi connectivity index (χ4n) is 2.60. The Hall–Kier alpha value is -0.520. The summed E-state index contributed by atoms with van der Waals surface area (Å²) < 4.78 is 0. The zero-order chi connectivity index (χ0) is 11.5. The van der Waals surface area contributed by atoms with E-state index in [0.717, 1.165) is 12.3 Å². The van der Waals surface area contributed by atoms with Crippen LogP contribution in [0.4, 0.5) is 0 Å². The normalized spacial score (nSPS) is 37.8. The molecule has 0 N–H and O–H groups in total. The van der Waals surface area contributed by atoms with E-state index in [4.69, 9.17) is 0 Å². The van der Waals surface area contributed by atoms with Crippen LogP contribution in [0.25, 0.3) is 0 Å². The zero-order valence-electron chi connectivity index (χ0n) is 11.0. The summed E-state index contributed by atoms with van der Waals surface area (Å²) in [5, 5.41) is 0. The van der Waals surface area contributed by atoms with Crippen LogP contribution in [-0.2, 0) is 0 Å². The van der Waals surface area contributed by atoms with E-state index in [-0.39, 0.29) is 0 Å². The highest BCUT2D eigenvalue weighted by Gasteiger charge is 2.26. The quantitative estimate of drug-likeness (QED) is 0.491. The zero-order valence-corrected chi connectivity index (χ0v) is 11.0. The SMILES string of the molecule is C/C1=C/C/C=C\C(C)C(C)(C)CC(C)C1. The summed E-state index contributed by atoms with van der Waals surface area (Å²) in [5.74, 6) is 1.50. The molecule has 15 heavy (non-hydrogen) atoms. The minimum atomic E-state index is 0.438. The number of hydrogen-bond donors (Lipinski definition) is 0. The van der Waals surface area contributed by atoms with Gasteiger partial charge in [-0.15, -0.1) is 0 Å². The summed E-state index contributed by atoms with van der Waals surface area (Å²) in [4.78, 5) is 0. The Morgan fingerprint density at radius 3 is 2.60 bits per heavy atom. The van der Waals surface area contributed by atoms with Crippen LogP contribution < -0.4 is 0 Å². The van der Waals surface area contributed by atoms with E-state index >= 15 is 0 Å². The Morgan fingerprint density at radius 1 is 1.27 bits per heavy atom. The summed E-state index contributed by atoms with van der Waals surface area (Å²) in [5.41, 5.74) is 1.99. The lowest BCUT2D eigenvalue weighted by molar-refractivity contribution is 0.212. The van der Waals surface area contributed by atoms with Crippen molar-refractivity contribution < 1.29 is 0 Å². The lowest BCUT2D eigenvalue weighted by Crippen LogP contribution is -2.23. The second kappa shape index (κ2) is 5.01. The standard InChI is InChI=1S/C15H26/c1-12-8-6-7-9-14(3)15(4,5)11-13(2)10-12/h7-9,13-14H,6,10-11H2,1-5H3/b9-7-,12-8-. The van der Waals surface area contributed by atoms with E-state index in [1.807, 2.05) is 0 Å². The highest BCUT2D eigenvalue weighted by molar-refractivity contribution is 5.06. The number of allylic oxidation sites excluding steroid dienone is 4. The molecule has 86 valence electrons. The first-order valence-electron chi connectivity index (χ1n) is 6.24. The topological polar surface area (TPSA) is 0 Å². The van der Waals surface area contributed by atoms with Gasteiger partial charge in [-0.25, -0.2) is 0 Å². The maximum absolute atomic E-state index is 2.40. The monoisotopic (exact) mass is 206 g/mol. The first kappa shape index (κ1) is 12.5. The van der Waals surface area contributed by atoms with Crippen molar-refractivity contribution in [3.8, 4) is 0 Å². The maximum atomic E-state index is 2.40. The van der Waals surface area contributed by atoms with Crippen LogP contribution in [-0.4, -0.2) is 0 Å². The van der Waals surface area contributed by atoms with Crippen LogP contribution in [0.15, 0.2) is 23.8 Å². The van der Waals surface area contributed by atoms with Gasteiger partial charge >= 0.3 is 0 Å². The Labute approximate surface area is 95.5 Å². The van der Waals surface area contributed by atoms with E-state index < -0.39 is 0 Å². The van der Waals surface area contributed by atoms with Crippen LogP contribution in [0.5, 0.6) is 0 Å². The van der Waals surface area contributed by atoms with Crippen molar-refractivity contribution in [1.82, 2.24) is 0 Å². The highest BCUT2D eigenvalue weighted by atomic mass is 14.3. The first-order chi connectivity index (χ1) is 6.92. The molecule has 0 nitrogen and oxygen atoms in total. The van der Waals surface area contributed by atoms with Gasteiger partial charge in [-0.1, -0.05) is 51.5 Å². The lowest BCUT2D eigenvalue weighted by Gasteiger charge is -2.33. The Bertz CT molecular complexity index is 255. The van der Waals surface area contributed by atoms with E-state index in [0.29, 0.717) is 11.3 Å². The predicted octanol–water partition coefficient (Wildman–Crippen LogP) is 4.97. The van der Waals surface area contributed by atoms with Gasteiger partial charge in [0.25, 0.3) is 0 Å². The molecule has 0 fully saturated rings. The van der Waals surface area contributed by atoms with E-state index in [9.17, 15) is 0 Å². The molecule has 0 aliphatic heterocycles. The third-order valence-electron chi connectivity index (χ3n) is 3.80. The van der Waals surface area contributed by atoms with Crippen LogP contribution >= 0.6 is 0 Å². The fraction of sp³-hybridized carbons (Fsp3) is 0.733. The van der Waals surface area contributed by atoms with E-state index in [1.54, 1.807) is 5.57 Å². The summed E-state index contributed by atoms with van der Waals surface area (Å²) >= 11 is 0. The lowest BCUT2D eigenvalue weighted by atomic mass is 9.72. The third-order valence-corrected chi connectivity index (χ3v) is 3.80. The van der Waals surface area contributed by atoms with Crippen molar-refractivity contribution in [1.29, 1.82) is 0 Å². The average molecular weight is 206 g/mol. The largest absolute Gasteiger partial charge is 0.0849 e. The van der Waals surface area contributed by atoms with Crippen molar-refractivity contribution in [2.45, 2.75) is 53.9 Å². The third kappa shape index (κ3) is 3.85. The molecular formula is C15H26. The Morgan fingerprint density at radius 2 is 1.93 bits per heavy atom. The van der Waals surface area contributed by atoms with Gasteiger partial charge in [0.05, 0.1) is 0 Å². The molecule has 0 heterocycles. The molecule has 2 unspecified atom stereocenters. The van der Waals surface area contributed by atoms with Crippen molar-refractivity contribution in [2.75, 3.05) is 0 Å². The fourth-order valence-corrected chi connectivity index (χ4v) is 2.60. The van der Waals surface area contributed by atoms with Crippen LogP contribution in [0, 0.1) is 17.3 Å². The van der Waals surface area contributed by atoms with Crippen molar-refractivity contribution in [2.24, 2.45) is 17.3 Å². The molecule has 1 rings (SSSR count). The molecule has 0 aromatic heterocycles. The molecule has 0 radical (unpaired) electrons. The molecule has 0 aromatic carbocycles. The second-order valence-electron chi connectivity index (χ2n) is 6.01. The molecule has 0 bridgehead atoms. The molecule has 2 atom stereocenters. The van der Waals surface area contributed by atoms with Gasteiger partial charge in [0.15, 0.2) is 0 Å². The molecule has 0 amide bonds. The minimum absolute atomic E-state index is 0.438. The highest BCUT2D eigenvalue weighted by Crippen LogP contribution is 2.36. The smallest absolute Gasteiger partial charge is 0.0166 e. The van der Waals surface area contributed by atoms with Gasteiger partial charge < -0.3 is 0 Å². The molecule has 0 spiro atoms. The van der Waals surface area contributed by atoms with Crippen LogP contribution in [0.3, 0.4) is 0 Å². The maximum Gasteiger partial charge on any atom is -0.0166 e. The molecule has 0 aromatic rings. The Kier molecular flexibility index (Phi) is 4.19. The van der Waals surface area contributed by atoms with E-state index in [1.165, 1.54) is 12.8 Å². The molecule has 1 aliphatic carbocycles. The molecule has 0 saturated heterocycles. The molecule has 0 heteroatoms. The predicted molar refractivity (Wildman–Crippen MR) is 68.9 cm³/mol. The van der Waals surface area contributed by atoms with E-state index in [2.05, 4.69) is 52.8 Å². The van der Waals surface area contributed by atoms with Gasteiger partial charge in [0, 0.05) is 0 Å². The number of rotatable bonds is 0. The summed E-state index contributed by atoms with van der Waals surface area (Å²) in [7, 11) is 0. The van der Waals surface area contributed by atoms with Gasteiger partial charge in [0.2, 0.25) is 0 Å². The van der Waals surface area contributed by atoms with Gasteiger partial charge in [-0.2, -0.15) is 0 Å². The second-order valence-corrected chi connectivity index (χ2v) is 6.01. The first-order valence-corrected chi connectivity index (χ1v) is 6.24. The van der Waals surface area contributed by atoms with Gasteiger partial charge in [0.1, 0.15) is 0 Å². The van der Waals surface area contributed by atoms with Gasteiger partial charge in [-0.05, 0) is 43.4 Å². The molecule has 0 saturated carbocycles. The minimum Gasteiger partial charge on any atom is -0.0849 e. The Balaban J connectivity index is 2.81. The summed E-state index contributed by atoms with van der Waals surface area (Å²) in [6.45, 7) is 11.8. The van der Waals surface area contributed by atoms with Gasteiger partial charge in [-0.3, -0.25) is 0 Å². The molecular weight excluding hydrogens is 180 g/mol. The summed E-state index contributed by atoms with van der Waals surface area (Å²) in [6.07, 6.45) is 10.8. The van der Waals surface area contributed by atoms with Crippen molar-refractivity contribution in [3.63, 3.8) is 0 Å². The number of hydrogen-bond acceptors (Lipinski definition) is 0. The molecule has 1 aliphatic rings. The van der Waals surface area contributed by atoms with Crippen LogP contribution in [0.1, 0.15) is 53.9 Å². The average Bonchev–Trinajstić information content (AvgIpc) is 2.09. The van der Waals surface area contributed by atoms with Crippen LogP contribution in [0.2, 0.25) is 0 Å². The van der Waals surface area contributed by atoms with Crippen molar-refractivity contribution >= 4 is 0 Å². The van der Waals surface area contributed by atoms with Crippen molar-refractivity contribution in [3.05, 3.63) is 23.8 Å². The summed E-state index contributed by atoms with van der Waals surface area (Å²) in [6, 6.07) is 0.